The number of aromatic nitrogens is 2. The second-order valence-electron chi connectivity index (χ2n) is 6.69. The van der Waals surface area contributed by atoms with E-state index in [0.29, 0.717) is 0 Å². The van der Waals surface area contributed by atoms with Gasteiger partial charge in [-0.2, -0.15) is 0 Å². The molecule has 38 heavy (non-hydrogen) atoms. The van der Waals surface area contributed by atoms with Gasteiger partial charge in [0.15, 0.2) is 0 Å². The third kappa shape index (κ3) is 17.2. The number of nitrogens with zero attached hydrogens (tertiary/aromatic N) is 2. The van der Waals surface area contributed by atoms with Crippen molar-refractivity contribution < 1.29 is 52.9 Å². The zero-order chi connectivity index (χ0) is 25.0. The molecular weight excluding hydrogens is 581 g/mol. The SMILES string of the molecule is C(=C\c1ccncc1)/c1ccccc1.C(=C\c1ccncc1)/c1ccccc1.O.O.O=[C-]C#CC(=O)[O-].[Cd+2]. The fourth-order valence-electron chi connectivity index (χ4n) is 2.54. The molecule has 0 aliphatic heterocycles. The zero-order valence-corrected chi connectivity index (χ0v) is 24.6. The summed E-state index contributed by atoms with van der Waals surface area (Å²) in [5.74, 6) is 1.39. The average Bonchev–Trinajstić information content (AvgIpc) is 2.93. The average molecular weight is 607 g/mol. The Kier molecular flexibility index (Phi) is 21.9. The molecular formula is C30H26CdN2O5. The Bertz CT molecular complexity index is 1110. The fraction of sp³-hybridized carbons (Fsp3) is 0. The van der Waals surface area contributed by atoms with Crippen molar-refractivity contribution in [3.05, 3.63) is 132 Å². The second kappa shape index (κ2) is 23.2. The van der Waals surface area contributed by atoms with Crippen LogP contribution in [-0.2, 0) is 36.9 Å². The molecule has 8 heteroatoms. The standard InChI is InChI=1S/2C13H11N.C4HO3.Cd.2H2O/c2*1-2-4-12(5-3-1)6-7-13-8-10-14-11-9-13;5-3-1-2-4(6)7;;;/h2*1-11H;(H,6,7);;2*1H2/q;;-1;+2;;/p-1/b2*7-6+;;;;. The smallest absolute Gasteiger partial charge is 0.559 e. The van der Waals surface area contributed by atoms with Crippen molar-refractivity contribution in [2.45, 2.75) is 0 Å². The van der Waals surface area contributed by atoms with E-state index in [1.807, 2.05) is 60.7 Å². The maximum absolute atomic E-state index is 9.29. The van der Waals surface area contributed by atoms with Gasteiger partial charge in [0.2, 0.25) is 0 Å². The topological polar surface area (TPSA) is 146 Å². The first-order chi connectivity index (χ1) is 17.2. The Morgan fingerprint density at radius 1 is 0.632 bits per heavy atom. The van der Waals surface area contributed by atoms with E-state index < -0.39 is 5.97 Å². The molecule has 0 fully saturated rings. The van der Waals surface area contributed by atoms with Gasteiger partial charge in [0, 0.05) is 37.0 Å². The molecule has 0 spiro atoms. The molecule has 0 radical (unpaired) electrons. The van der Waals surface area contributed by atoms with Crippen LogP contribution in [0.2, 0.25) is 0 Å². The van der Waals surface area contributed by atoms with Gasteiger partial charge in [0.05, 0.1) is 0 Å². The molecule has 0 unspecified atom stereocenters. The number of hydrogen-bond acceptors (Lipinski definition) is 5. The maximum atomic E-state index is 9.29. The van der Waals surface area contributed by atoms with E-state index in [1.54, 1.807) is 24.8 Å². The summed E-state index contributed by atoms with van der Waals surface area (Å²) >= 11 is 0. The van der Waals surface area contributed by atoms with Crippen LogP contribution >= 0.6 is 0 Å². The maximum Gasteiger partial charge on any atom is 2.00 e. The van der Waals surface area contributed by atoms with Crippen LogP contribution in [0, 0.1) is 11.8 Å². The summed E-state index contributed by atoms with van der Waals surface area (Å²) < 4.78 is 0. The summed E-state index contributed by atoms with van der Waals surface area (Å²) in [6, 6.07) is 28.4. The van der Waals surface area contributed by atoms with Gasteiger partial charge < -0.3 is 25.6 Å². The van der Waals surface area contributed by atoms with Gasteiger partial charge in [-0.05, 0) is 46.5 Å². The van der Waals surface area contributed by atoms with E-state index in [0.717, 1.165) is 6.29 Å². The van der Waals surface area contributed by atoms with E-state index in [2.05, 4.69) is 58.5 Å². The van der Waals surface area contributed by atoms with Gasteiger partial charge >= 0.3 is 27.3 Å². The molecule has 4 aromatic rings. The molecule has 0 aliphatic carbocycles. The molecule has 2 aromatic carbocycles. The summed E-state index contributed by atoms with van der Waals surface area (Å²) in [6.45, 7) is 0. The van der Waals surface area contributed by atoms with Crippen LogP contribution in [0.25, 0.3) is 24.3 Å². The monoisotopic (exact) mass is 608 g/mol. The van der Waals surface area contributed by atoms with E-state index >= 15 is 0 Å². The van der Waals surface area contributed by atoms with Gasteiger partial charge in [-0.15, -0.1) is 0 Å². The van der Waals surface area contributed by atoms with Crippen LogP contribution in [0.5, 0.6) is 0 Å². The van der Waals surface area contributed by atoms with Crippen LogP contribution < -0.4 is 5.11 Å². The number of carbonyl (C=O) groups excluding carboxylic acids is 2. The van der Waals surface area contributed by atoms with Crippen molar-refractivity contribution in [1.82, 2.24) is 9.97 Å². The number of carboxylic acid groups (broad SMARTS) is 1. The summed E-state index contributed by atoms with van der Waals surface area (Å²) in [6.07, 6.45) is 16.6. The van der Waals surface area contributed by atoms with Crippen LogP contribution in [-0.4, -0.2) is 33.2 Å². The number of hydrogen-bond donors (Lipinski definition) is 0. The Labute approximate surface area is 242 Å². The second-order valence-corrected chi connectivity index (χ2v) is 6.69. The first-order valence-corrected chi connectivity index (χ1v) is 10.5. The number of rotatable bonds is 4. The van der Waals surface area contributed by atoms with Gasteiger partial charge in [-0.25, -0.2) is 0 Å². The Balaban J connectivity index is 0. The van der Waals surface area contributed by atoms with E-state index in [9.17, 15) is 9.90 Å². The molecule has 2 aromatic heterocycles. The third-order valence-electron chi connectivity index (χ3n) is 4.16. The zero-order valence-electron chi connectivity index (χ0n) is 20.5. The number of pyridine rings is 2. The molecule has 0 aliphatic rings. The molecule has 188 valence electrons. The van der Waals surface area contributed by atoms with Gasteiger partial charge in [-0.3, -0.25) is 21.8 Å². The van der Waals surface area contributed by atoms with Crippen molar-refractivity contribution in [3.8, 4) is 11.8 Å². The first-order valence-electron chi connectivity index (χ1n) is 10.5. The Morgan fingerprint density at radius 2 is 0.947 bits per heavy atom. The molecule has 0 atom stereocenters. The number of carboxylic acids is 1. The minimum atomic E-state index is -1.57. The van der Waals surface area contributed by atoms with Crippen molar-refractivity contribution in [2.24, 2.45) is 0 Å². The number of benzene rings is 2. The molecule has 0 bridgehead atoms. The number of aliphatic carboxylic acids is 1. The summed E-state index contributed by atoms with van der Waals surface area (Å²) in [4.78, 5) is 26.3. The van der Waals surface area contributed by atoms with Crippen LogP contribution in [0.1, 0.15) is 22.3 Å². The van der Waals surface area contributed by atoms with Crippen molar-refractivity contribution in [3.63, 3.8) is 0 Å². The van der Waals surface area contributed by atoms with Crippen molar-refractivity contribution in [1.29, 1.82) is 0 Å². The van der Waals surface area contributed by atoms with E-state index in [-0.39, 0.29) is 38.3 Å². The van der Waals surface area contributed by atoms with Gasteiger partial charge in [0.25, 0.3) is 0 Å². The Hall–Kier alpha value is -4.24. The Morgan fingerprint density at radius 3 is 1.21 bits per heavy atom. The predicted octanol–water partition coefficient (Wildman–Crippen LogP) is 2.70. The van der Waals surface area contributed by atoms with Crippen LogP contribution in [0.15, 0.2) is 110 Å². The fourth-order valence-corrected chi connectivity index (χ4v) is 2.54. The quantitative estimate of drug-likeness (QED) is 0.199. The normalized spacial score (nSPS) is 8.84. The predicted molar refractivity (Wildman–Crippen MR) is 145 cm³/mol. The first kappa shape index (κ1) is 35.9. The summed E-state index contributed by atoms with van der Waals surface area (Å²) in [5, 5.41) is 9.29. The van der Waals surface area contributed by atoms with Crippen LogP contribution in [0.4, 0.5) is 0 Å². The van der Waals surface area contributed by atoms with E-state index in [1.165, 1.54) is 34.1 Å². The molecule has 4 N–H and O–H groups in total. The van der Waals surface area contributed by atoms with Crippen molar-refractivity contribution >= 4 is 36.6 Å². The molecule has 4 rings (SSSR count). The van der Waals surface area contributed by atoms with Gasteiger partial charge in [-0.1, -0.05) is 85.0 Å². The summed E-state index contributed by atoms with van der Waals surface area (Å²) in [5.41, 5.74) is 4.77. The third-order valence-corrected chi connectivity index (χ3v) is 4.16. The number of carbonyl (C=O) groups is 1. The molecule has 7 nitrogen and oxygen atoms in total. The van der Waals surface area contributed by atoms with Crippen LogP contribution in [0.3, 0.4) is 0 Å². The largest absolute Gasteiger partial charge is 2.00 e. The summed E-state index contributed by atoms with van der Waals surface area (Å²) in [7, 11) is 0. The van der Waals surface area contributed by atoms with Crippen molar-refractivity contribution in [2.75, 3.05) is 0 Å². The van der Waals surface area contributed by atoms with E-state index in [4.69, 9.17) is 4.79 Å². The minimum Gasteiger partial charge on any atom is -0.559 e. The molecule has 2 heterocycles. The molecule has 0 saturated carbocycles. The minimum absolute atomic E-state index is 0. The molecule has 0 saturated heterocycles. The molecule has 0 amide bonds. The van der Waals surface area contributed by atoms with Gasteiger partial charge in [0.1, 0.15) is 0 Å².